The van der Waals surface area contributed by atoms with Gasteiger partial charge in [0, 0.05) is 18.0 Å². The molecule has 0 unspecified atom stereocenters. The normalized spacial score (nSPS) is 19.7. The Morgan fingerprint density at radius 1 is 1.61 bits per heavy atom. The van der Waals surface area contributed by atoms with Crippen LogP contribution in [0.3, 0.4) is 0 Å². The Labute approximate surface area is 112 Å². The standard InChI is InChI=1S/C13H20N2O2S/c1-10(12-3-2-8-18-12)14-13(17)9-15-6-4-11(16)5-7-15/h2-3,8,10-11,16H,4-7,9H2,1H3,(H,14,17)/t10-/m1/s1. The number of amides is 1. The van der Waals surface area contributed by atoms with Gasteiger partial charge in [-0.25, -0.2) is 0 Å². The van der Waals surface area contributed by atoms with Crippen LogP contribution in [0.5, 0.6) is 0 Å². The molecule has 2 N–H and O–H groups in total. The Hall–Kier alpha value is -0.910. The number of carbonyl (C=O) groups is 1. The molecule has 0 spiro atoms. The van der Waals surface area contributed by atoms with E-state index in [-0.39, 0.29) is 18.1 Å². The molecule has 1 fully saturated rings. The highest BCUT2D eigenvalue weighted by Crippen LogP contribution is 2.18. The third-order valence-corrected chi connectivity index (χ3v) is 4.33. The number of rotatable bonds is 4. The number of thiophene rings is 1. The summed E-state index contributed by atoms with van der Waals surface area (Å²) in [5.74, 6) is 0.0623. The Kier molecular flexibility index (Phi) is 4.74. The third-order valence-electron chi connectivity index (χ3n) is 3.27. The van der Waals surface area contributed by atoms with E-state index in [2.05, 4.69) is 10.2 Å². The molecule has 1 amide bonds. The van der Waals surface area contributed by atoms with Crippen LogP contribution in [0.1, 0.15) is 30.7 Å². The van der Waals surface area contributed by atoms with Gasteiger partial charge in [0.2, 0.25) is 5.91 Å². The van der Waals surface area contributed by atoms with Crippen LogP contribution >= 0.6 is 11.3 Å². The summed E-state index contributed by atoms with van der Waals surface area (Å²) in [6.45, 7) is 4.05. The smallest absolute Gasteiger partial charge is 0.234 e. The summed E-state index contributed by atoms with van der Waals surface area (Å²) >= 11 is 1.66. The Bertz CT molecular complexity index is 372. The van der Waals surface area contributed by atoms with Crippen molar-refractivity contribution < 1.29 is 9.90 Å². The molecule has 0 radical (unpaired) electrons. The number of aliphatic hydroxyl groups is 1. The first-order chi connectivity index (χ1) is 8.65. The lowest BCUT2D eigenvalue weighted by Gasteiger charge is -2.29. The van der Waals surface area contributed by atoms with E-state index in [0.29, 0.717) is 6.54 Å². The monoisotopic (exact) mass is 268 g/mol. The van der Waals surface area contributed by atoms with Crippen molar-refractivity contribution >= 4 is 17.2 Å². The van der Waals surface area contributed by atoms with Crippen LogP contribution in [0.4, 0.5) is 0 Å². The lowest BCUT2D eigenvalue weighted by atomic mass is 10.1. The highest BCUT2D eigenvalue weighted by molar-refractivity contribution is 7.10. The topological polar surface area (TPSA) is 52.6 Å². The quantitative estimate of drug-likeness (QED) is 0.867. The number of nitrogens with one attached hydrogen (secondary N) is 1. The SMILES string of the molecule is C[C@@H](NC(=O)CN1CCC(O)CC1)c1cccs1. The molecule has 1 aliphatic rings. The summed E-state index contributed by atoms with van der Waals surface area (Å²) in [6.07, 6.45) is 1.36. The fourth-order valence-electron chi connectivity index (χ4n) is 2.18. The van der Waals surface area contributed by atoms with E-state index in [1.54, 1.807) is 11.3 Å². The molecule has 1 atom stereocenters. The predicted octanol–water partition coefficient (Wildman–Crippen LogP) is 1.38. The molecule has 4 nitrogen and oxygen atoms in total. The highest BCUT2D eigenvalue weighted by atomic mass is 32.1. The first kappa shape index (κ1) is 13.5. The molecule has 0 aliphatic carbocycles. The zero-order chi connectivity index (χ0) is 13.0. The molecule has 0 saturated carbocycles. The van der Waals surface area contributed by atoms with Crippen LogP contribution in [0.25, 0.3) is 0 Å². The fraction of sp³-hybridized carbons (Fsp3) is 0.615. The average Bonchev–Trinajstić information content (AvgIpc) is 2.85. The predicted molar refractivity (Wildman–Crippen MR) is 72.6 cm³/mol. The van der Waals surface area contributed by atoms with Crippen LogP contribution in [0, 0.1) is 0 Å². The summed E-state index contributed by atoms with van der Waals surface area (Å²) in [7, 11) is 0. The highest BCUT2D eigenvalue weighted by Gasteiger charge is 2.19. The van der Waals surface area contributed by atoms with Gasteiger partial charge in [0.25, 0.3) is 0 Å². The van der Waals surface area contributed by atoms with Crippen LogP contribution < -0.4 is 5.32 Å². The minimum Gasteiger partial charge on any atom is -0.393 e. The maximum atomic E-state index is 11.9. The van der Waals surface area contributed by atoms with Crippen molar-refractivity contribution in [2.75, 3.05) is 19.6 Å². The number of likely N-dealkylation sites (tertiary alicyclic amines) is 1. The molecular weight excluding hydrogens is 248 g/mol. The van der Waals surface area contributed by atoms with E-state index in [9.17, 15) is 9.90 Å². The first-order valence-corrected chi connectivity index (χ1v) is 7.26. The van der Waals surface area contributed by atoms with E-state index in [1.807, 2.05) is 24.4 Å². The van der Waals surface area contributed by atoms with Crippen molar-refractivity contribution in [3.63, 3.8) is 0 Å². The van der Waals surface area contributed by atoms with E-state index < -0.39 is 0 Å². The second-order valence-electron chi connectivity index (χ2n) is 4.81. The van der Waals surface area contributed by atoms with Gasteiger partial charge >= 0.3 is 0 Å². The summed E-state index contributed by atoms with van der Waals surface area (Å²) in [4.78, 5) is 15.2. The molecule has 2 rings (SSSR count). The van der Waals surface area contributed by atoms with Crippen LogP contribution in [-0.4, -0.2) is 41.7 Å². The molecule has 18 heavy (non-hydrogen) atoms. The van der Waals surface area contributed by atoms with Crippen molar-refractivity contribution in [1.82, 2.24) is 10.2 Å². The van der Waals surface area contributed by atoms with Crippen LogP contribution in [0.2, 0.25) is 0 Å². The molecule has 0 bridgehead atoms. The van der Waals surface area contributed by atoms with Crippen molar-refractivity contribution in [2.45, 2.75) is 31.9 Å². The minimum atomic E-state index is -0.186. The van der Waals surface area contributed by atoms with E-state index in [4.69, 9.17) is 0 Å². The average molecular weight is 268 g/mol. The zero-order valence-electron chi connectivity index (χ0n) is 10.6. The van der Waals surface area contributed by atoms with Crippen molar-refractivity contribution in [3.05, 3.63) is 22.4 Å². The second kappa shape index (κ2) is 6.31. The Morgan fingerprint density at radius 2 is 2.33 bits per heavy atom. The van der Waals surface area contributed by atoms with E-state index in [1.165, 1.54) is 4.88 Å². The van der Waals surface area contributed by atoms with E-state index in [0.717, 1.165) is 25.9 Å². The van der Waals surface area contributed by atoms with Crippen LogP contribution in [-0.2, 0) is 4.79 Å². The number of carbonyl (C=O) groups excluding carboxylic acids is 1. The summed E-state index contributed by atoms with van der Waals surface area (Å²) in [5, 5.41) is 14.4. The summed E-state index contributed by atoms with van der Waals surface area (Å²) in [6, 6.07) is 4.11. The first-order valence-electron chi connectivity index (χ1n) is 6.38. The second-order valence-corrected chi connectivity index (χ2v) is 5.79. The molecule has 2 heterocycles. The molecule has 1 aromatic rings. The number of piperidine rings is 1. The maximum Gasteiger partial charge on any atom is 0.234 e. The molecule has 1 aliphatic heterocycles. The fourth-order valence-corrected chi connectivity index (χ4v) is 2.91. The Morgan fingerprint density at radius 3 is 2.94 bits per heavy atom. The molecule has 1 saturated heterocycles. The van der Waals surface area contributed by atoms with Gasteiger partial charge in [0.15, 0.2) is 0 Å². The molecule has 1 aromatic heterocycles. The number of hydrogen-bond donors (Lipinski definition) is 2. The zero-order valence-corrected chi connectivity index (χ0v) is 11.4. The number of nitrogens with zero attached hydrogens (tertiary/aromatic N) is 1. The van der Waals surface area contributed by atoms with Gasteiger partial charge in [-0.15, -0.1) is 11.3 Å². The van der Waals surface area contributed by atoms with Gasteiger partial charge in [-0.3, -0.25) is 9.69 Å². The third kappa shape index (κ3) is 3.80. The van der Waals surface area contributed by atoms with Crippen molar-refractivity contribution in [3.8, 4) is 0 Å². The molecule has 0 aromatic carbocycles. The van der Waals surface area contributed by atoms with Crippen molar-refractivity contribution in [2.24, 2.45) is 0 Å². The summed E-state index contributed by atoms with van der Waals surface area (Å²) in [5.41, 5.74) is 0. The van der Waals surface area contributed by atoms with Gasteiger partial charge in [-0.2, -0.15) is 0 Å². The van der Waals surface area contributed by atoms with Gasteiger partial charge in [-0.1, -0.05) is 6.07 Å². The Balaban J connectivity index is 1.75. The molecule has 100 valence electrons. The largest absolute Gasteiger partial charge is 0.393 e. The van der Waals surface area contributed by atoms with Gasteiger partial charge in [0.05, 0.1) is 18.7 Å². The molecule has 5 heteroatoms. The number of hydrogen-bond acceptors (Lipinski definition) is 4. The van der Waals surface area contributed by atoms with E-state index >= 15 is 0 Å². The maximum absolute atomic E-state index is 11.9. The van der Waals surface area contributed by atoms with Crippen molar-refractivity contribution in [1.29, 1.82) is 0 Å². The minimum absolute atomic E-state index is 0.0623. The number of aliphatic hydroxyl groups excluding tert-OH is 1. The van der Waals surface area contributed by atoms with Gasteiger partial charge in [-0.05, 0) is 31.2 Å². The lowest BCUT2D eigenvalue weighted by Crippen LogP contribution is -2.43. The lowest BCUT2D eigenvalue weighted by molar-refractivity contribution is -0.123. The van der Waals surface area contributed by atoms with Crippen LogP contribution in [0.15, 0.2) is 17.5 Å². The molecular formula is C13H20N2O2S. The van der Waals surface area contributed by atoms with Gasteiger partial charge in [0.1, 0.15) is 0 Å². The summed E-state index contributed by atoms with van der Waals surface area (Å²) < 4.78 is 0. The van der Waals surface area contributed by atoms with Gasteiger partial charge < -0.3 is 10.4 Å².